The van der Waals surface area contributed by atoms with E-state index in [-0.39, 0.29) is 36.0 Å². The number of hydrogen-bond donors (Lipinski definition) is 2. The van der Waals surface area contributed by atoms with E-state index in [0.29, 0.717) is 36.3 Å². The van der Waals surface area contributed by atoms with Crippen molar-refractivity contribution in [2.45, 2.75) is 56.7 Å². The van der Waals surface area contributed by atoms with Gasteiger partial charge in [0.1, 0.15) is 5.75 Å². The zero-order chi connectivity index (χ0) is 34.1. The number of methoxy groups -OCH3 is 1. The summed E-state index contributed by atoms with van der Waals surface area (Å²) in [5.41, 5.74) is 3.21. The van der Waals surface area contributed by atoms with Crippen molar-refractivity contribution in [1.29, 1.82) is 0 Å². The summed E-state index contributed by atoms with van der Waals surface area (Å²) in [6.07, 6.45) is 2.66. The number of fused-ring (bicyclic) bond motifs is 2. The van der Waals surface area contributed by atoms with Crippen LogP contribution in [0.3, 0.4) is 0 Å². The quantitative estimate of drug-likeness (QED) is 0.198. The zero-order valence-corrected chi connectivity index (χ0v) is 29.0. The number of aromatic nitrogens is 3. The molecule has 1 saturated heterocycles. The summed E-state index contributed by atoms with van der Waals surface area (Å²) in [5, 5.41) is 24.2. The summed E-state index contributed by atoms with van der Waals surface area (Å²) in [5.74, 6) is 0.348. The number of anilines is 3. The second-order valence-electron chi connectivity index (χ2n) is 13.9. The Morgan fingerprint density at radius 3 is 2.57 bits per heavy atom. The number of benzene rings is 4. The van der Waals surface area contributed by atoms with Gasteiger partial charge in [-0.1, -0.05) is 66.8 Å². The van der Waals surface area contributed by atoms with E-state index in [9.17, 15) is 14.7 Å². The van der Waals surface area contributed by atoms with Gasteiger partial charge in [0.2, 0.25) is 0 Å². The molecule has 250 valence electrons. The first-order chi connectivity index (χ1) is 23.7. The van der Waals surface area contributed by atoms with Crippen LogP contribution in [0.4, 0.5) is 17.1 Å². The van der Waals surface area contributed by atoms with Crippen LogP contribution < -0.4 is 20.1 Å². The van der Waals surface area contributed by atoms with Crippen molar-refractivity contribution in [3.63, 3.8) is 0 Å². The van der Waals surface area contributed by atoms with E-state index in [4.69, 9.17) is 9.47 Å². The number of carbonyl (C=O) groups is 2. The van der Waals surface area contributed by atoms with E-state index in [1.165, 1.54) is 5.19 Å². The van der Waals surface area contributed by atoms with Crippen LogP contribution in [0.5, 0.6) is 5.75 Å². The van der Waals surface area contributed by atoms with E-state index < -0.39 is 13.7 Å². The van der Waals surface area contributed by atoms with Gasteiger partial charge >= 0.3 is 0 Å². The molecule has 5 aromatic rings. The van der Waals surface area contributed by atoms with E-state index >= 15 is 0 Å². The molecule has 3 aliphatic rings. The van der Waals surface area contributed by atoms with Gasteiger partial charge in [-0.2, -0.15) is 0 Å². The summed E-state index contributed by atoms with van der Waals surface area (Å²) in [4.78, 5) is 30.0. The Bertz CT molecular complexity index is 2110. The minimum absolute atomic E-state index is 0.00889. The molecule has 4 aromatic carbocycles. The number of amides is 2. The molecule has 4 atom stereocenters. The summed E-state index contributed by atoms with van der Waals surface area (Å²) >= 11 is 0. The second-order valence-corrected chi connectivity index (χ2v) is 18.6. The molecule has 0 bridgehead atoms. The van der Waals surface area contributed by atoms with Gasteiger partial charge in [0.15, 0.2) is 5.60 Å². The van der Waals surface area contributed by atoms with Gasteiger partial charge in [-0.05, 0) is 59.8 Å². The van der Waals surface area contributed by atoms with E-state index in [1.807, 2.05) is 72.9 Å². The fourth-order valence-corrected chi connectivity index (χ4v) is 12.7. The van der Waals surface area contributed by atoms with Crippen LogP contribution in [-0.2, 0) is 28.1 Å². The van der Waals surface area contributed by atoms with Crippen molar-refractivity contribution in [2.75, 3.05) is 23.9 Å². The standard InChI is InChI=1S/C38H39N5O5Si/c1-23-35(49(3,4)28-14-12-27(47-2)13-15-28)33(17-19-42-22-25(18-20-44)40-41-42)48-38(23)30-21-26(11-16-31(30)39-37(38)46)43-32-10-6-8-24-7-5-9-29(34(24)32)36(43)45/h5-16,21-23,33,35,44H,17-20H2,1-4H3,(H,39,46)/t23-,33+,35-,38+/m0/s1. The third-order valence-corrected chi connectivity index (χ3v) is 15.3. The van der Waals surface area contributed by atoms with E-state index in [1.54, 1.807) is 16.7 Å². The Morgan fingerprint density at radius 2 is 1.82 bits per heavy atom. The first kappa shape index (κ1) is 31.4. The SMILES string of the molecule is COc1ccc([Si](C)(C)[C@@H]2[C@@H](CCn3cc(CCO)nn3)O[C@]3(C(=O)Nc4ccc(N5C(=O)c6cccc7cccc5c67)cc43)[C@H]2C)cc1. The number of carbonyl (C=O) groups excluding carboxylic acids is 2. The third kappa shape index (κ3) is 4.74. The predicted molar refractivity (Wildman–Crippen MR) is 190 cm³/mol. The van der Waals surface area contributed by atoms with Gasteiger partial charge in [0, 0.05) is 54.0 Å². The largest absolute Gasteiger partial charge is 0.497 e. The third-order valence-electron chi connectivity index (χ3n) is 11.0. The summed E-state index contributed by atoms with van der Waals surface area (Å²) in [6.45, 7) is 7.41. The van der Waals surface area contributed by atoms with Crippen LogP contribution in [0.25, 0.3) is 10.8 Å². The number of ether oxygens (including phenoxy) is 2. The lowest BCUT2D eigenvalue weighted by Gasteiger charge is -2.37. The topological polar surface area (TPSA) is 119 Å². The molecular formula is C38H39N5O5Si. The van der Waals surface area contributed by atoms with Crippen LogP contribution >= 0.6 is 0 Å². The van der Waals surface area contributed by atoms with E-state index in [0.717, 1.165) is 33.5 Å². The zero-order valence-electron chi connectivity index (χ0n) is 28.0. The summed E-state index contributed by atoms with van der Waals surface area (Å²) < 4.78 is 14.4. The molecule has 49 heavy (non-hydrogen) atoms. The molecule has 0 unspecified atom stereocenters. The van der Waals surface area contributed by atoms with Gasteiger partial charge < -0.3 is 19.9 Å². The number of nitrogens with zero attached hydrogens (tertiary/aromatic N) is 4. The smallest absolute Gasteiger partial charge is 0.263 e. The molecule has 0 radical (unpaired) electrons. The van der Waals surface area contributed by atoms with Crippen LogP contribution in [-0.4, -0.2) is 59.8 Å². The average Bonchev–Trinajstić information content (AvgIpc) is 3.84. The maximum atomic E-state index is 14.3. The lowest BCUT2D eigenvalue weighted by Crippen LogP contribution is -2.51. The number of nitrogens with one attached hydrogen (secondary N) is 1. The second kappa shape index (κ2) is 11.6. The van der Waals surface area contributed by atoms with E-state index in [2.05, 4.69) is 47.8 Å². The Hall–Kier alpha value is -4.84. The highest BCUT2D eigenvalue weighted by molar-refractivity contribution is 6.91. The lowest BCUT2D eigenvalue weighted by atomic mass is 9.82. The van der Waals surface area contributed by atoms with Crippen LogP contribution in [0.1, 0.15) is 35.0 Å². The van der Waals surface area contributed by atoms with Crippen molar-refractivity contribution in [1.82, 2.24) is 15.0 Å². The van der Waals surface area contributed by atoms with Crippen molar-refractivity contribution < 1.29 is 24.2 Å². The molecule has 1 fully saturated rings. The monoisotopic (exact) mass is 673 g/mol. The number of hydrogen-bond acceptors (Lipinski definition) is 7. The van der Waals surface area contributed by atoms with Crippen LogP contribution in [0.2, 0.25) is 18.6 Å². The summed E-state index contributed by atoms with van der Waals surface area (Å²) in [7, 11) is -0.661. The molecule has 2 amide bonds. The Morgan fingerprint density at radius 1 is 1.04 bits per heavy atom. The highest BCUT2D eigenvalue weighted by atomic mass is 28.3. The molecule has 0 saturated carbocycles. The Kier molecular flexibility index (Phi) is 7.47. The highest BCUT2D eigenvalue weighted by Crippen LogP contribution is 2.59. The molecular weight excluding hydrogens is 635 g/mol. The summed E-state index contributed by atoms with van der Waals surface area (Å²) in [6, 6.07) is 25.9. The average molecular weight is 674 g/mol. The molecule has 4 heterocycles. The highest BCUT2D eigenvalue weighted by Gasteiger charge is 2.64. The Balaban J connectivity index is 1.20. The lowest BCUT2D eigenvalue weighted by molar-refractivity contribution is -0.143. The molecule has 0 aliphatic carbocycles. The number of rotatable bonds is 9. The van der Waals surface area contributed by atoms with Crippen molar-refractivity contribution >= 4 is 52.9 Å². The Labute approximate surface area is 285 Å². The fraction of sp³-hybridized carbons (Fsp3) is 0.316. The maximum Gasteiger partial charge on any atom is 0.263 e. The molecule has 10 nitrogen and oxygen atoms in total. The molecule has 1 spiro atoms. The minimum Gasteiger partial charge on any atom is -0.497 e. The van der Waals surface area contributed by atoms with Crippen molar-refractivity contribution in [3.8, 4) is 5.75 Å². The number of aryl methyl sites for hydroxylation is 1. The number of aliphatic hydroxyl groups is 1. The van der Waals surface area contributed by atoms with Crippen LogP contribution in [0, 0.1) is 5.92 Å². The van der Waals surface area contributed by atoms with Gasteiger partial charge in [-0.25, -0.2) is 0 Å². The first-order valence-corrected chi connectivity index (χ1v) is 19.9. The van der Waals surface area contributed by atoms with Gasteiger partial charge in [-0.15, -0.1) is 5.10 Å². The van der Waals surface area contributed by atoms with Crippen molar-refractivity contribution in [3.05, 3.63) is 102 Å². The van der Waals surface area contributed by atoms with Gasteiger partial charge in [-0.3, -0.25) is 19.2 Å². The maximum absolute atomic E-state index is 14.3. The predicted octanol–water partition coefficient (Wildman–Crippen LogP) is 5.53. The molecule has 11 heteroatoms. The first-order valence-electron chi connectivity index (χ1n) is 16.8. The molecule has 2 N–H and O–H groups in total. The van der Waals surface area contributed by atoms with Crippen molar-refractivity contribution in [2.24, 2.45) is 5.92 Å². The van der Waals surface area contributed by atoms with Gasteiger partial charge in [0.25, 0.3) is 11.8 Å². The van der Waals surface area contributed by atoms with Crippen LogP contribution in [0.15, 0.2) is 85.1 Å². The molecule has 1 aromatic heterocycles. The van der Waals surface area contributed by atoms with Gasteiger partial charge in [0.05, 0.1) is 38.2 Å². The minimum atomic E-state index is -2.33. The fourth-order valence-electron chi connectivity index (χ4n) is 8.64. The molecule has 3 aliphatic heterocycles. The molecule has 8 rings (SSSR count). The number of aliphatic hydroxyl groups excluding tert-OH is 1. The normalized spacial score (nSPS) is 22.7.